The zero-order chi connectivity index (χ0) is 9.97. The predicted molar refractivity (Wildman–Crippen MR) is 66.1 cm³/mol. The second kappa shape index (κ2) is 4.77. The molecule has 2 rings (SSSR count). The van der Waals surface area contributed by atoms with E-state index in [-0.39, 0.29) is 0 Å². The van der Waals surface area contributed by atoms with Gasteiger partial charge in [0, 0.05) is 10.9 Å². The highest BCUT2D eigenvalue weighted by Crippen LogP contribution is 2.37. The molecule has 0 unspecified atom stereocenters. The summed E-state index contributed by atoms with van der Waals surface area (Å²) in [6, 6.07) is 5.21. The van der Waals surface area contributed by atoms with Gasteiger partial charge < -0.3 is 5.32 Å². The van der Waals surface area contributed by atoms with Gasteiger partial charge in [-0.05, 0) is 66.7 Å². The van der Waals surface area contributed by atoms with E-state index in [9.17, 15) is 0 Å². The number of hydrogen-bond donors (Lipinski definition) is 1. The van der Waals surface area contributed by atoms with Crippen LogP contribution in [0.15, 0.2) is 15.9 Å². The molecule has 1 fully saturated rings. The summed E-state index contributed by atoms with van der Waals surface area (Å²) in [4.78, 5) is 1.56. The molecule has 0 saturated heterocycles. The molecule has 1 aromatic heterocycles. The van der Waals surface area contributed by atoms with Gasteiger partial charge in [-0.1, -0.05) is 0 Å². The van der Waals surface area contributed by atoms with Crippen molar-refractivity contribution in [3.63, 3.8) is 0 Å². The third-order valence-electron chi connectivity index (χ3n) is 3.13. The minimum absolute atomic E-state index is 0.759. The van der Waals surface area contributed by atoms with Crippen LogP contribution in [0.2, 0.25) is 0 Å². The molecular weight excluding hydrogens is 258 g/mol. The van der Waals surface area contributed by atoms with Crippen molar-refractivity contribution in [3.8, 4) is 0 Å². The van der Waals surface area contributed by atoms with E-state index in [4.69, 9.17) is 0 Å². The summed E-state index contributed by atoms with van der Waals surface area (Å²) in [7, 11) is 2.08. The molecule has 1 N–H and O–H groups in total. The van der Waals surface area contributed by atoms with Crippen molar-refractivity contribution in [2.45, 2.75) is 37.6 Å². The molecule has 3 heteroatoms. The largest absolute Gasteiger partial charge is 0.317 e. The van der Waals surface area contributed by atoms with Crippen molar-refractivity contribution in [2.75, 3.05) is 7.05 Å². The fraction of sp³-hybridized carbons (Fsp3) is 0.636. The Morgan fingerprint density at radius 3 is 2.50 bits per heavy atom. The Bertz CT molecular complexity index is 289. The van der Waals surface area contributed by atoms with Gasteiger partial charge in [0.2, 0.25) is 0 Å². The molecular formula is C11H16BrNS. The van der Waals surface area contributed by atoms with E-state index in [1.807, 2.05) is 11.3 Å². The van der Waals surface area contributed by atoms with Crippen molar-refractivity contribution in [1.29, 1.82) is 0 Å². The molecule has 78 valence electrons. The van der Waals surface area contributed by atoms with Crippen LogP contribution >= 0.6 is 27.3 Å². The highest BCUT2D eigenvalue weighted by Gasteiger charge is 2.22. The molecule has 0 aromatic carbocycles. The quantitative estimate of drug-likeness (QED) is 0.866. The van der Waals surface area contributed by atoms with Crippen LogP contribution in [0.25, 0.3) is 0 Å². The Balaban J connectivity index is 1.95. The van der Waals surface area contributed by atoms with Crippen molar-refractivity contribution in [1.82, 2.24) is 5.32 Å². The summed E-state index contributed by atoms with van der Waals surface area (Å²) in [5.41, 5.74) is 0. The molecule has 0 aliphatic heterocycles. The molecule has 1 nitrogen and oxygen atoms in total. The zero-order valence-corrected chi connectivity index (χ0v) is 10.8. The second-order valence-electron chi connectivity index (χ2n) is 3.98. The molecule has 0 spiro atoms. The lowest BCUT2D eigenvalue weighted by molar-refractivity contribution is 0.361. The Morgan fingerprint density at radius 1 is 1.29 bits per heavy atom. The first-order chi connectivity index (χ1) is 6.79. The third kappa shape index (κ3) is 2.38. The first-order valence-corrected chi connectivity index (χ1v) is 6.83. The Kier molecular flexibility index (Phi) is 3.63. The summed E-state index contributed by atoms with van der Waals surface area (Å²) in [6.07, 6.45) is 5.35. The molecule has 1 aliphatic carbocycles. The second-order valence-corrected chi connectivity index (χ2v) is 6.47. The van der Waals surface area contributed by atoms with Gasteiger partial charge in [-0.25, -0.2) is 0 Å². The Hall–Kier alpha value is 0.140. The molecule has 1 heterocycles. The van der Waals surface area contributed by atoms with Gasteiger partial charge in [-0.2, -0.15) is 0 Å². The monoisotopic (exact) mass is 273 g/mol. The summed E-state index contributed by atoms with van der Waals surface area (Å²) in [6.45, 7) is 0. The fourth-order valence-electron chi connectivity index (χ4n) is 2.21. The van der Waals surface area contributed by atoms with Crippen LogP contribution in [0.4, 0.5) is 0 Å². The van der Waals surface area contributed by atoms with Gasteiger partial charge in [-0.15, -0.1) is 11.3 Å². The number of rotatable bonds is 2. The van der Waals surface area contributed by atoms with E-state index >= 15 is 0 Å². The van der Waals surface area contributed by atoms with Gasteiger partial charge in [0.05, 0.1) is 3.79 Å². The lowest BCUT2D eigenvalue weighted by Gasteiger charge is -2.27. The maximum Gasteiger partial charge on any atom is 0.0701 e. The Labute approximate surface area is 98.0 Å². The van der Waals surface area contributed by atoms with Crippen LogP contribution in [0.5, 0.6) is 0 Å². The average molecular weight is 274 g/mol. The number of nitrogens with one attached hydrogen (secondary N) is 1. The van der Waals surface area contributed by atoms with Crippen LogP contribution < -0.4 is 5.32 Å². The first-order valence-electron chi connectivity index (χ1n) is 5.22. The highest BCUT2D eigenvalue weighted by molar-refractivity contribution is 9.11. The maximum absolute atomic E-state index is 3.53. The fourth-order valence-corrected chi connectivity index (χ4v) is 3.81. The van der Waals surface area contributed by atoms with Crippen molar-refractivity contribution in [2.24, 2.45) is 0 Å². The standard InChI is InChI=1S/C11H16BrNS/c1-13-9-4-2-8(3-5-9)10-6-7-11(12)14-10/h6-9,13H,2-5H2,1H3. The number of hydrogen-bond acceptors (Lipinski definition) is 2. The van der Waals surface area contributed by atoms with Gasteiger partial charge >= 0.3 is 0 Å². The van der Waals surface area contributed by atoms with Gasteiger partial charge in [-0.3, -0.25) is 0 Å². The SMILES string of the molecule is CNC1CCC(c2ccc(Br)s2)CC1. The average Bonchev–Trinajstić information content (AvgIpc) is 2.65. The lowest BCUT2D eigenvalue weighted by atomic mass is 9.85. The van der Waals surface area contributed by atoms with Crippen LogP contribution in [-0.2, 0) is 0 Å². The normalized spacial score (nSPS) is 27.9. The zero-order valence-electron chi connectivity index (χ0n) is 8.42. The summed E-state index contributed by atoms with van der Waals surface area (Å²) < 4.78 is 1.27. The van der Waals surface area contributed by atoms with E-state index in [0.717, 1.165) is 12.0 Å². The van der Waals surface area contributed by atoms with Gasteiger partial charge in [0.25, 0.3) is 0 Å². The van der Waals surface area contributed by atoms with E-state index in [1.54, 1.807) is 4.88 Å². The van der Waals surface area contributed by atoms with E-state index in [0.29, 0.717) is 0 Å². The van der Waals surface area contributed by atoms with Crippen molar-refractivity contribution in [3.05, 3.63) is 20.8 Å². The summed E-state index contributed by atoms with van der Waals surface area (Å²) >= 11 is 5.43. The van der Waals surface area contributed by atoms with E-state index in [2.05, 4.69) is 40.4 Å². The molecule has 1 aromatic rings. The van der Waals surface area contributed by atoms with Crippen molar-refractivity contribution >= 4 is 27.3 Å². The molecule has 0 radical (unpaired) electrons. The lowest BCUT2D eigenvalue weighted by Crippen LogP contribution is -2.29. The predicted octanol–water partition coefficient (Wildman–Crippen LogP) is 3.76. The molecule has 1 aliphatic rings. The van der Waals surface area contributed by atoms with Gasteiger partial charge in [0.1, 0.15) is 0 Å². The van der Waals surface area contributed by atoms with Crippen LogP contribution in [0, 0.1) is 0 Å². The smallest absolute Gasteiger partial charge is 0.0701 e. The molecule has 0 amide bonds. The van der Waals surface area contributed by atoms with E-state index < -0.39 is 0 Å². The topological polar surface area (TPSA) is 12.0 Å². The third-order valence-corrected chi connectivity index (χ3v) is 4.92. The maximum atomic E-state index is 3.53. The van der Waals surface area contributed by atoms with Crippen LogP contribution in [-0.4, -0.2) is 13.1 Å². The summed E-state index contributed by atoms with van der Waals surface area (Å²) in [5.74, 6) is 0.816. The van der Waals surface area contributed by atoms with E-state index in [1.165, 1.54) is 29.5 Å². The number of thiophene rings is 1. The molecule has 1 saturated carbocycles. The molecule has 0 bridgehead atoms. The first kappa shape index (κ1) is 10.7. The number of halogens is 1. The summed E-state index contributed by atoms with van der Waals surface area (Å²) in [5, 5.41) is 3.38. The molecule has 0 atom stereocenters. The van der Waals surface area contributed by atoms with Gasteiger partial charge in [0.15, 0.2) is 0 Å². The minimum Gasteiger partial charge on any atom is -0.317 e. The highest BCUT2D eigenvalue weighted by atomic mass is 79.9. The molecule has 14 heavy (non-hydrogen) atoms. The van der Waals surface area contributed by atoms with Crippen LogP contribution in [0.1, 0.15) is 36.5 Å². The van der Waals surface area contributed by atoms with Crippen molar-refractivity contribution < 1.29 is 0 Å². The Morgan fingerprint density at radius 2 is 2.00 bits per heavy atom. The minimum atomic E-state index is 0.759. The van der Waals surface area contributed by atoms with Crippen LogP contribution in [0.3, 0.4) is 0 Å².